The first-order valence-electron chi connectivity index (χ1n) is 8.12. The highest BCUT2D eigenvalue weighted by Gasteiger charge is 2.45. The van der Waals surface area contributed by atoms with Crippen LogP contribution in [0.5, 0.6) is 0 Å². The number of rotatable bonds is 5. The Bertz CT molecular complexity index is 342. The number of carboxylic acids is 1. The van der Waals surface area contributed by atoms with Crippen LogP contribution >= 0.6 is 0 Å². The molecule has 20 heavy (non-hydrogen) atoms. The van der Waals surface area contributed by atoms with E-state index in [1.807, 2.05) is 0 Å². The average Bonchev–Trinajstić information content (AvgIpc) is 2.32. The van der Waals surface area contributed by atoms with Crippen molar-refractivity contribution in [3.05, 3.63) is 0 Å². The molecule has 0 saturated heterocycles. The number of carbonyl (C=O) groups is 2. The Labute approximate surface area is 121 Å². The van der Waals surface area contributed by atoms with Gasteiger partial charge in [-0.2, -0.15) is 0 Å². The van der Waals surface area contributed by atoms with E-state index in [1.54, 1.807) is 0 Å². The molecule has 2 rings (SSSR count). The van der Waals surface area contributed by atoms with Gasteiger partial charge < -0.3 is 10.4 Å². The van der Waals surface area contributed by atoms with Crippen LogP contribution in [-0.4, -0.2) is 23.5 Å². The van der Waals surface area contributed by atoms with Crippen LogP contribution < -0.4 is 5.32 Å². The summed E-state index contributed by atoms with van der Waals surface area (Å²) in [7, 11) is 0. The molecule has 0 aromatic heterocycles. The zero-order valence-electron chi connectivity index (χ0n) is 12.3. The minimum Gasteiger partial charge on any atom is -0.481 e. The molecule has 1 amide bonds. The smallest absolute Gasteiger partial charge is 0.310 e. The molecule has 4 nitrogen and oxygen atoms in total. The van der Waals surface area contributed by atoms with Crippen LogP contribution in [0, 0.1) is 11.3 Å². The molecule has 2 N–H and O–H groups in total. The van der Waals surface area contributed by atoms with Crippen molar-refractivity contribution in [1.82, 2.24) is 5.32 Å². The summed E-state index contributed by atoms with van der Waals surface area (Å²) in [4.78, 5) is 23.2. The van der Waals surface area contributed by atoms with E-state index in [9.17, 15) is 14.7 Å². The molecule has 0 unspecified atom stereocenters. The monoisotopic (exact) mass is 281 g/mol. The van der Waals surface area contributed by atoms with Crippen LogP contribution in [0.1, 0.15) is 70.6 Å². The second kappa shape index (κ2) is 7.09. The molecular weight excluding hydrogens is 254 g/mol. The zero-order chi connectivity index (χ0) is 14.4. The predicted octanol–water partition coefficient (Wildman–Crippen LogP) is 3.11. The van der Waals surface area contributed by atoms with Gasteiger partial charge in [-0.3, -0.25) is 9.59 Å². The van der Waals surface area contributed by atoms with E-state index >= 15 is 0 Å². The summed E-state index contributed by atoms with van der Waals surface area (Å²) in [6.07, 6.45) is 11.3. The van der Waals surface area contributed by atoms with Crippen molar-refractivity contribution in [2.45, 2.75) is 70.6 Å². The van der Waals surface area contributed by atoms with Gasteiger partial charge in [-0.15, -0.1) is 0 Å². The van der Waals surface area contributed by atoms with Gasteiger partial charge >= 0.3 is 5.97 Å². The van der Waals surface area contributed by atoms with Crippen LogP contribution in [0.3, 0.4) is 0 Å². The lowest BCUT2D eigenvalue weighted by atomic mass is 9.66. The Morgan fingerprint density at radius 1 is 1.00 bits per heavy atom. The summed E-state index contributed by atoms with van der Waals surface area (Å²) in [5, 5.41) is 12.2. The molecule has 2 aliphatic rings. The third kappa shape index (κ3) is 3.97. The van der Waals surface area contributed by atoms with Gasteiger partial charge in [0.15, 0.2) is 0 Å². The summed E-state index contributed by atoms with van der Waals surface area (Å²) >= 11 is 0. The second-order valence-electron chi connectivity index (χ2n) is 6.63. The van der Waals surface area contributed by atoms with Crippen LogP contribution in [0.2, 0.25) is 0 Å². The molecule has 0 aliphatic heterocycles. The van der Waals surface area contributed by atoms with E-state index < -0.39 is 11.4 Å². The van der Waals surface area contributed by atoms with Crippen molar-refractivity contribution in [1.29, 1.82) is 0 Å². The Kier molecular flexibility index (Phi) is 5.44. The van der Waals surface area contributed by atoms with E-state index in [0.717, 1.165) is 13.0 Å². The zero-order valence-corrected chi connectivity index (χ0v) is 12.3. The maximum atomic E-state index is 12.0. The SMILES string of the molecule is O=C(CC1(C(=O)O)CCC1)NCC1CCCCCCC1. The molecule has 2 fully saturated rings. The first kappa shape index (κ1) is 15.3. The summed E-state index contributed by atoms with van der Waals surface area (Å²) in [5.41, 5.74) is -0.759. The summed E-state index contributed by atoms with van der Waals surface area (Å²) in [6, 6.07) is 0. The van der Waals surface area contributed by atoms with Crippen molar-refractivity contribution in [2.75, 3.05) is 6.54 Å². The van der Waals surface area contributed by atoms with Gasteiger partial charge in [0.2, 0.25) is 5.91 Å². The highest BCUT2D eigenvalue weighted by Crippen LogP contribution is 2.44. The molecule has 114 valence electrons. The van der Waals surface area contributed by atoms with Gasteiger partial charge in [0.25, 0.3) is 0 Å². The molecule has 0 heterocycles. The predicted molar refractivity (Wildman–Crippen MR) is 77.4 cm³/mol. The number of hydrogen-bond donors (Lipinski definition) is 2. The third-order valence-electron chi connectivity index (χ3n) is 5.08. The molecule has 0 atom stereocenters. The number of aliphatic carboxylic acids is 1. The van der Waals surface area contributed by atoms with Gasteiger partial charge in [-0.05, 0) is 31.6 Å². The van der Waals surface area contributed by atoms with E-state index in [-0.39, 0.29) is 12.3 Å². The molecule has 4 heteroatoms. The largest absolute Gasteiger partial charge is 0.481 e. The fraction of sp³-hybridized carbons (Fsp3) is 0.875. The normalized spacial score (nSPS) is 23.2. The third-order valence-corrected chi connectivity index (χ3v) is 5.08. The maximum Gasteiger partial charge on any atom is 0.310 e. The molecule has 2 saturated carbocycles. The van der Waals surface area contributed by atoms with Gasteiger partial charge in [0.05, 0.1) is 5.41 Å². The van der Waals surface area contributed by atoms with Crippen molar-refractivity contribution in [2.24, 2.45) is 11.3 Å². The fourth-order valence-electron chi connectivity index (χ4n) is 3.44. The van der Waals surface area contributed by atoms with Crippen molar-refractivity contribution in [3.63, 3.8) is 0 Å². The Morgan fingerprint density at radius 3 is 2.10 bits per heavy atom. The van der Waals surface area contributed by atoms with Gasteiger partial charge in [-0.25, -0.2) is 0 Å². The molecule has 0 spiro atoms. The number of carbonyl (C=O) groups excluding carboxylic acids is 1. The Hall–Kier alpha value is -1.06. The van der Waals surface area contributed by atoms with Gasteiger partial charge in [0.1, 0.15) is 0 Å². The van der Waals surface area contributed by atoms with E-state index in [4.69, 9.17) is 0 Å². The number of carboxylic acid groups (broad SMARTS) is 1. The fourth-order valence-corrected chi connectivity index (χ4v) is 3.44. The quantitative estimate of drug-likeness (QED) is 0.813. The van der Waals surface area contributed by atoms with E-state index in [1.165, 1.54) is 44.9 Å². The van der Waals surface area contributed by atoms with Crippen molar-refractivity contribution in [3.8, 4) is 0 Å². The Morgan fingerprint density at radius 2 is 1.60 bits per heavy atom. The summed E-state index contributed by atoms with van der Waals surface area (Å²) in [5.74, 6) is -0.291. The van der Waals surface area contributed by atoms with Gasteiger partial charge in [-0.1, -0.05) is 38.5 Å². The number of amides is 1. The van der Waals surface area contributed by atoms with Crippen LogP contribution in [0.25, 0.3) is 0 Å². The second-order valence-corrected chi connectivity index (χ2v) is 6.63. The first-order valence-corrected chi connectivity index (χ1v) is 8.12. The van der Waals surface area contributed by atoms with E-state index in [0.29, 0.717) is 18.8 Å². The molecule has 0 bridgehead atoms. The molecule has 0 aromatic rings. The van der Waals surface area contributed by atoms with Crippen molar-refractivity contribution < 1.29 is 14.7 Å². The topological polar surface area (TPSA) is 66.4 Å². The number of hydrogen-bond acceptors (Lipinski definition) is 2. The van der Waals surface area contributed by atoms with Gasteiger partial charge in [0, 0.05) is 13.0 Å². The van der Waals surface area contributed by atoms with Crippen LogP contribution in [0.4, 0.5) is 0 Å². The van der Waals surface area contributed by atoms with Crippen molar-refractivity contribution >= 4 is 11.9 Å². The minimum atomic E-state index is -0.801. The number of nitrogens with one attached hydrogen (secondary N) is 1. The summed E-state index contributed by atoms with van der Waals surface area (Å²) in [6.45, 7) is 0.731. The van der Waals surface area contributed by atoms with E-state index in [2.05, 4.69) is 5.32 Å². The maximum absolute atomic E-state index is 12.0. The highest BCUT2D eigenvalue weighted by molar-refractivity contribution is 5.85. The minimum absolute atomic E-state index is 0.0749. The highest BCUT2D eigenvalue weighted by atomic mass is 16.4. The molecule has 0 aromatic carbocycles. The average molecular weight is 281 g/mol. The molecule has 0 radical (unpaired) electrons. The van der Waals surface area contributed by atoms with Crippen LogP contribution in [-0.2, 0) is 9.59 Å². The standard InChI is InChI=1S/C16H27NO3/c18-14(11-16(15(19)20)9-6-10-16)17-12-13-7-4-2-1-3-5-8-13/h13H,1-12H2,(H,17,18)(H,19,20). The first-order chi connectivity index (χ1) is 9.62. The Balaban J connectivity index is 1.72. The lowest BCUT2D eigenvalue weighted by Gasteiger charge is -2.37. The van der Waals surface area contributed by atoms with Crippen LogP contribution in [0.15, 0.2) is 0 Å². The lowest BCUT2D eigenvalue weighted by Crippen LogP contribution is -2.43. The molecular formula is C16H27NO3. The summed E-state index contributed by atoms with van der Waals surface area (Å²) < 4.78 is 0. The lowest BCUT2D eigenvalue weighted by molar-refractivity contribution is -0.157. The molecule has 2 aliphatic carbocycles.